The fourth-order valence-corrected chi connectivity index (χ4v) is 5.47. The minimum absolute atomic E-state index is 0.124. The van der Waals surface area contributed by atoms with Crippen molar-refractivity contribution in [2.75, 3.05) is 34.2 Å². The number of nitrogens with zero attached hydrogens (tertiary/aromatic N) is 2. The van der Waals surface area contributed by atoms with E-state index in [0.717, 1.165) is 21.3 Å². The number of hydrogen-bond acceptors (Lipinski definition) is 10. The standard InChI is InChI=1S/C34H35N3O9/c1-41-26-13-9-24(10-14-26)34(23-7-4-3-5-8-23,25-11-15-27(42-2)16-12-25)45-21-28-30(39)31(44-22-43-20-6-18-35)32(46-28)37-19-17-29(38)36-33(37)40/h3-5,7-17,19,28,30-32,39H,6,20-22H2,1-2H3,(H,36,38,40)/t28-,30-,31-,32-/m1/s1. The number of methoxy groups -OCH3 is 2. The van der Waals surface area contributed by atoms with E-state index in [4.69, 9.17) is 33.7 Å². The second kappa shape index (κ2) is 15.0. The smallest absolute Gasteiger partial charge is 0.330 e. The quantitative estimate of drug-likeness (QED) is 0.121. The Morgan fingerprint density at radius 1 is 0.913 bits per heavy atom. The van der Waals surface area contributed by atoms with Crippen molar-refractivity contribution in [2.45, 2.75) is 36.6 Å². The summed E-state index contributed by atoms with van der Waals surface area (Å²) in [6.45, 7) is -0.280. The first kappa shape index (κ1) is 32.6. The summed E-state index contributed by atoms with van der Waals surface area (Å²) < 4.78 is 36.3. The summed E-state index contributed by atoms with van der Waals surface area (Å²) in [7, 11) is 3.19. The van der Waals surface area contributed by atoms with Gasteiger partial charge in [-0.05, 0) is 41.0 Å². The molecule has 0 unspecified atom stereocenters. The molecule has 0 radical (unpaired) electrons. The highest BCUT2D eigenvalue weighted by molar-refractivity contribution is 5.49. The first-order valence-corrected chi connectivity index (χ1v) is 14.6. The molecule has 0 bridgehead atoms. The molecule has 0 saturated carbocycles. The molecule has 12 heteroatoms. The maximum Gasteiger partial charge on any atom is 0.330 e. The lowest BCUT2D eigenvalue weighted by Crippen LogP contribution is -2.41. The van der Waals surface area contributed by atoms with Gasteiger partial charge >= 0.3 is 5.69 Å². The number of aromatic amines is 1. The molecule has 2 heterocycles. The van der Waals surface area contributed by atoms with Crippen LogP contribution in [0.4, 0.5) is 0 Å². The van der Waals surface area contributed by atoms with E-state index in [0.29, 0.717) is 11.5 Å². The lowest BCUT2D eigenvalue weighted by molar-refractivity contribution is -0.139. The highest BCUT2D eigenvalue weighted by Crippen LogP contribution is 2.43. The van der Waals surface area contributed by atoms with Crippen molar-refractivity contribution in [1.82, 2.24) is 9.55 Å². The van der Waals surface area contributed by atoms with Crippen molar-refractivity contribution >= 4 is 0 Å². The first-order chi connectivity index (χ1) is 22.4. The van der Waals surface area contributed by atoms with Crippen LogP contribution in [-0.2, 0) is 24.5 Å². The summed E-state index contributed by atoms with van der Waals surface area (Å²) in [6.07, 6.45) is -3.02. The number of aromatic nitrogens is 2. The van der Waals surface area contributed by atoms with Crippen molar-refractivity contribution in [3.63, 3.8) is 0 Å². The van der Waals surface area contributed by atoms with E-state index in [2.05, 4.69) is 4.98 Å². The lowest BCUT2D eigenvalue weighted by atomic mass is 9.80. The van der Waals surface area contributed by atoms with Gasteiger partial charge in [-0.25, -0.2) is 4.79 Å². The van der Waals surface area contributed by atoms with Crippen LogP contribution >= 0.6 is 0 Å². The SMILES string of the molecule is COc1ccc(C(OC[C@H]2O[C@@H](n3ccc(=O)[nH]c3=O)[C@H](OCOCCC#N)[C@@H]2O)(c2ccccc2)c2ccc(OC)cc2)cc1. The molecular weight excluding hydrogens is 594 g/mol. The number of H-pyrrole nitrogens is 1. The summed E-state index contributed by atoms with van der Waals surface area (Å²) in [5.74, 6) is 1.34. The second-order valence-electron chi connectivity index (χ2n) is 10.5. The fourth-order valence-electron chi connectivity index (χ4n) is 5.47. The lowest BCUT2D eigenvalue weighted by Gasteiger charge is -2.37. The molecule has 0 aliphatic carbocycles. The van der Waals surface area contributed by atoms with Crippen molar-refractivity contribution < 1.29 is 33.5 Å². The van der Waals surface area contributed by atoms with E-state index in [1.165, 1.54) is 12.3 Å². The molecule has 1 aliphatic rings. The Bertz CT molecular complexity index is 1670. The third-order valence-electron chi connectivity index (χ3n) is 7.78. The summed E-state index contributed by atoms with van der Waals surface area (Å²) in [5, 5.41) is 20.3. The van der Waals surface area contributed by atoms with Gasteiger partial charge in [0.05, 0.1) is 39.9 Å². The molecule has 46 heavy (non-hydrogen) atoms. The maximum absolute atomic E-state index is 12.7. The van der Waals surface area contributed by atoms with E-state index in [1.807, 2.05) is 84.9 Å². The number of nitrogens with one attached hydrogen (secondary N) is 1. The van der Waals surface area contributed by atoms with Gasteiger partial charge in [0, 0.05) is 12.3 Å². The predicted octanol–water partition coefficient (Wildman–Crippen LogP) is 3.09. The molecule has 3 aromatic carbocycles. The minimum atomic E-state index is -1.27. The molecule has 1 fully saturated rings. The topological polar surface area (TPSA) is 154 Å². The summed E-state index contributed by atoms with van der Waals surface area (Å²) in [4.78, 5) is 26.7. The Balaban J connectivity index is 1.53. The Labute approximate surface area is 265 Å². The van der Waals surface area contributed by atoms with Gasteiger partial charge in [-0.1, -0.05) is 54.6 Å². The summed E-state index contributed by atoms with van der Waals surface area (Å²) in [6, 6.07) is 27.8. The van der Waals surface area contributed by atoms with E-state index in [1.54, 1.807) is 14.2 Å². The van der Waals surface area contributed by atoms with E-state index >= 15 is 0 Å². The van der Waals surface area contributed by atoms with Gasteiger partial charge in [0.15, 0.2) is 6.23 Å². The molecule has 240 valence electrons. The zero-order chi connectivity index (χ0) is 32.5. The van der Waals surface area contributed by atoms with Gasteiger partial charge in [-0.15, -0.1) is 0 Å². The van der Waals surface area contributed by atoms with Crippen molar-refractivity contribution in [2.24, 2.45) is 0 Å². The molecule has 1 saturated heterocycles. The minimum Gasteiger partial charge on any atom is -0.497 e. The van der Waals surface area contributed by atoms with Crippen LogP contribution in [-0.4, -0.2) is 67.2 Å². The number of aliphatic hydroxyl groups excluding tert-OH is 1. The predicted molar refractivity (Wildman–Crippen MR) is 165 cm³/mol. The van der Waals surface area contributed by atoms with Crippen LogP contribution in [0.2, 0.25) is 0 Å². The first-order valence-electron chi connectivity index (χ1n) is 14.6. The van der Waals surface area contributed by atoms with Gasteiger partial charge in [0.25, 0.3) is 5.56 Å². The average Bonchev–Trinajstić information content (AvgIpc) is 3.40. The van der Waals surface area contributed by atoms with Crippen molar-refractivity contribution in [3.8, 4) is 17.6 Å². The third-order valence-corrected chi connectivity index (χ3v) is 7.78. The summed E-state index contributed by atoms with van der Waals surface area (Å²) >= 11 is 0. The molecule has 1 aliphatic heterocycles. The average molecular weight is 630 g/mol. The number of rotatable bonds is 14. The van der Waals surface area contributed by atoms with Gasteiger partial charge in [0.1, 0.15) is 42.2 Å². The molecule has 12 nitrogen and oxygen atoms in total. The fraction of sp³-hybridized carbons (Fsp3) is 0.324. The van der Waals surface area contributed by atoms with Gasteiger partial charge < -0.3 is 33.5 Å². The van der Waals surface area contributed by atoms with Crippen LogP contribution in [0.25, 0.3) is 0 Å². The molecule has 2 N–H and O–H groups in total. The van der Waals surface area contributed by atoms with Crippen LogP contribution in [0, 0.1) is 11.3 Å². The van der Waals surface area contributed by atoms with Gasteiger partial charge in [-0.3, -0.25) is 14.3 Å². The zero-order valence-corrected chi connectivity index (χ0v) is 25.4. The number of hydrogen-bond donors (Lipinski definition) is 2. The maximum atomic E-state index is 12.7. The van der Waals surface area contributed by atoms with Crippen LogP contribution in [0.1, 0.15) is 29.3 Å². The van der Waals surface area contributed by atoms with Gasteiger partial charge in [0.2, 0.25) is 0 Å². The number of benzene rings is 3. The Morgan fingerprint density at radius 3 is 2.09 bits per heavy atom. The molecule has 0 amide bonds. The monoisotopic (exact) mass is 629 g/mol. The van der Waals surface area contributed by atoms with E-state index in [-0.39, 0.29) is 26.4 Å². The highest BCUT2D eigenvalue weighted by Gasteiger charge is 2.48. The number of aliphatic hydroxyl groups is 1. The molecule has 5 rings (SSSR count). The van der Waals surface area contributed by atoms with Crippen LogP contribution < -0.4 is 20.7 Å². The van der Waals surface area contributed by atoms with Crippen LogP contribution in [0.3, 0.4) is 0 Å². The largest absolute Gasteiger partial charge is 0.497 e. The Kier molecular flexibility index (Phi) is 10.6. The van der Waals surface area contributed by atoms with Crippen molar-refractivity contribution in [1.29, 1.82) is 5.26 Å². The molecule has 4 aromatic rings. The second-order valence-corrected chi connectivity index (χ2v) is 10.5. The third kappa shape index (κ3) is 6.89. The highest BCUT2D eigenvalue weighted by atomic mass is 16.7. The van der Waals surface area contributed by atoms with Gasteiger partial charge in [-0.2, -0.15) is 5.26 Å². The normalized spacial score (nSPS) is 19.4. The Morgan fingerprint density at radius 2 is 1.52 bits per heavy atom. The Hall–Kier alpha value is -4.77. The molecular formula is C34H35N3O9. The van der Waals surface area contributed by atoms with Crippen LogP contribution in [0.15, 0.2) is 101 Å². The molecule has 4 atom stereocenters. The summed E-state index contributed by atoms with van der Waals surface area (Å²) in [5.41, 5.74) is -0.130. The van der Waals surface area contributed by atoms with E-state index in [9.17, 15) is 14.7 Å². The van der Waals surface area contributed by atoms with E-state index < -0.39 is 41.4 Å². The van der Waals surface area contributed by atoms with Crippen molar-refractivity contribution in [3.05, 3.63) is 129 Å². The zero-order valence-electron chi connectivity index (χ0n) is 25.4. The molecule has 0 spiro atoms. The molecule has 1 aromatic heterocycles. The number of nitriles is 1. The van der Waals surface area contributed by atoms with Crippen LogP contribution in [0.5, 0.6) is 11.5 Å². The number of ether oxygens (including phenoxy) is 6.